The van der Waals surface area contributed by atoms with E-state index >= 15 is 0 Å². The van der Waals surface area contributed by atoms with Crippen molar-refractivity contribution in [3.05, 3.63) is 45.9 Å². The fourth-order valence-corrected chi connectivity index (χ4v) is 4.78. The number of carbonyl (C=O) groups is 1. The molecule has 1 atom stereocenters. The van der Waals surface area contributed by atoms with Gasteiger partial charge in [-0.2, -0.15) is 0 Å². The van der Waals surface area contributed by atoms with Crippen LogP contribution in [0.25, 0.3) is 21.9 Å². The number of benzene rings is 2. The largest absolute Gasteiger partial charge is 0.496 e. The SMILES string of the molecule is COc1cc2c(=O)onc3c2c(c1OC)-c1cccc(OC)c1[C@@H]3SCC(N)=O. The summed E-state index contributed by atoms with van der Waals surface area (Å²) < 4.78 is 21.8. The molecule has 9 heteroatoms. The Hall–Kier alpha value is -3.20. The molecule has 0 aliphatic heterocycles. The first-order valence-electron chi connectivity index (χ1n) is 8.67. The number of rotatable bonds is 6. The predicted octanol–water partition coefficient (Wildman–Crippen LogP) is 2.50. The Morgan fingerprint density at radius 1 is 1.21 bits per heavy atom. The van der Waals surface area contributed by atoms with Crippen LogP contribution in [0.3, 0.4) is 0 Å². The minimum Gasteiger partial charge on any atom is -0.496 e. The minimum atomic E-state index is -0.587. The molecule has 0 spiro atoms. The highest BCUT2D eigenvalue weighted by Crippen LogP contribution is 2.55. The van der Waals surface area contributed by atoms with Gasteiger partial charge >= 0.3 is 5.63 Å². The molecule has 1 heterocycles. The van der Waals surface area contributed by atoms with E-state index in [9.17, 15) is 9.59 Å². The Balaban J connectivity index is 2.18. The number of carbonyl (C=O) groups excluding carboxylic acids is 1. The predicted molar refractivity (Wildman–Crippen MR) is 109 cm³/mol. The van der Waals surface area contributed by atoms with E-state index < -0.39 is 16.8 Å². The second-order valence-corrected chi connectivity index (χ2v) is 7.44. The number of thioether (sulfide) groups is 1. The Morgan fingerprint density at radius 2 is 1.97 bits per heavy atom. The van der Waals surface area contributed by atoms with Crippen LogP contribution in [0, 0.1) is 0 Å². The van der Waals surface area contributed by atoms with Gasteiger partial charge in [-0.1, -0.05) is 17.3 Å². The van der Waals surface area contributed by atoms with Crippen molar-refractivity contribution >= 4 is 28.4 Å². The van der Waals surface area contributed by atoms with Crippen LogP contribution in [0.2, 0.25) is 0 Å². The van der Waals surface area contributed by atoms with E-state index in [0.717, 1.165) is 11.1 Å². The van der Waals surface area contributed by atoms with Crippen LogP contribution in [0.5, 0.6) is 17.2 Å². The average molecular weight is 414 g/mol. The maximum atomic E-state index is 12.5. The van der Waals surface area contributed by atoms with Gasteiger partial charge in [0.05, 0.1) is 37.7 Å². The number of ether oxygens (including phenoxy) is 3. The summed E-state index contributed by atoms with van der Waals surface area (Å²) in [6, 6.07) is 7.16. The number of amides is 1. The van der Waals surface area contributed by atoms with Crippen molar-refractivity contribution in [1.29, 1.82) is 0 Å². The van der Waals surface area contributed by atoms with Crippen LogP contribution in [0.4, 0.5) is 0 Å². The van der Waals surface area contributed by atoms with Crippen molar-refractivity contribution in [2.24, 2.45) is 5.73 Å². The summed E-state index contributed by atoms with van der Waals surface area (Å²) in [7, 11) is 4.60. The quantitative estimate of drug-likeness (QED) is 0.654. The average Bonchev–Trinajstić information content (AvgIpc) is 2.73. The zero-order valence-corrected chi connectivity index (χ0v) is 16.8. The number of fused-ring (bicyclic) bond motifs is 2. The molecule has 1 aliphatic carbocycles. The number of hydrogen-bond donors (Lipinski definition) is 1. The monoisotopic (exact) mass is 414 g/mol. The molecule has 1 aliphatic rings. The highest BCUT2D eigenvalue weighted by molar-refractivity contribution is 8.00. The number of methoxy groups -OCH3 is 3. The van der Waals surface area contributed by atoms with Gasteiger partial charge in [0.15, 0.2) is 11.5 Å². The first-order chi connectivity index (χ1) is 14.0. The highest BCUT2D eigenvalue weighted by Gasteiger charge is 2.36. The van der Waals surface area contributed by atoms with Crippen LogP contribution in [-0.2, 0) is 4.79 Å². The lowest BCUT2D eigenvalue weighted by Gasteiger charge is -2.29. The van der Waals surface area contributed by atoms with Crippen LogP contribution < -0.4 is 25.6 Å². The summed E-state index contributed by atoms with van der Waals surface area (Å²) in [6.07, 6.45) is 0. The van der Waals surface area contributed by atoms with Crippen LogP contribution in [0.1, 0.15) is 16.5 Å². The Bertz CT molecular complexity index is 1190. The molecule has 29 heavy (non-hydrogen) atoms. The van der Waals surface area contributed by atoms with E-state index in [1.807, 2.05) is 18.2 Å². The van der Waals surface area contributed by atoms with Crippen molar-refractivity contribution in [3.63, 3.8) is 0 Å². The number of aromatic nitrogens is 1. The molecule has 0 bridgehead atoms. The summed E-state index contributed by atoms with van der Waals surface area (Å²) >= 11 is 1.29. The van der Waals surface area contributed by atoms with Crippen LogP contribution in [-0.4, -0.2) is 38.1 Å². The standard InChI is InChI=1S/C20H18N2O6S/c1-25-11-6-4-5-9-14(11)19(29-8-13(21)23)17-15-10(20(24)28-22-17)7-12(26-2)18(27-3)16(9)15/h4-7,19H,8H2,1-3H3,(H2,21,23)/t19-/m0/s1. The second kappa shape index (κ2) is 7.32. The van der Waals surface area contributed by atoms with Gasteiger partial charge in [-0.25, -0.2) is 4.79 Å². The molecule has 1 amide bonds. The Labute approximate surface area is 169 Å². The molecule has 8 nitrogen and oxygen atoms in total. The molecular formula is C20H18N2O6S. The molecule has 150 valence electrons. The lowest BCUT2D eigenvalue weighted by atomic mass is 9.85. The van der Waals surface area contributed by atoms with Crippen LogP contribution >= 0.6 is 11.8 Å². The first kappa shape index (κ1) is 19.1. The van der Waals surface area contributed by atoms with Crippen molar-refractivity contribution in [2.45, 2.75) is 5.25 Å². The number of nitrogens with zero attached hydrogens (tertiary/aromatic N) is 1. The van der Waals surface area contributed by atoms with Crippen molar-refractivity contribution in [3.8, 4) is 28.4 Å². The molecule has 2 N–H and O–H groups in total. The molecule has 1 aromatic heterocycles. The summed E-state index contributed by atoms with van der Waals surface area (Å²) in [5.41, 5.74) is 7.55. The van der Waals surface area contributed by atoms with Gasteiger partial charge in [0, 0.05) is 16.5 Å². The summed E-state index contributed by atoms with van der Waals surface area (Å²) in [5, 5.41) is 4.58. The summed E-state index contributed by atoms with van der Waals surface area (Å²) in [6.45, 7) is 0. The van der Waals surface area contributed by atoms with Gasteiger partial charge in [-0.3, -0.25) is 4.79 Å². The summed E-state index contributed by atoms with van der Waals surface area (Å²) in [4.78, 5) is 23.9. The summed E-state index contributed by atoms with van der Waals surface area (Å²) in [5.74, 6) is 1.09. The maximum Gasteiger partial charge on any atom is 0.366 e. The molecular weight excluding hydrogens is 396 g/mol. The van der Waals surface area contributed by atoms with E-state index in [0.29, 0.717) is 39.3 Å². The lowest BCUT2D eigenvalue weighted by molar-refractivity contribution is -0.115. The number of nitrogens with two attached hydrogens (primary N) is 1. The third kappa shape index (κ3) is 2.89. The van der Waals surface area contributed by atoms with Gasteiger partial charge in [0.25, 0.3) is 0 Å². The third-order valence-electron chi connectivity index (χ3n) is 4.83. The normalized spacial score (nSPS) is 14.4. The van der Waals surface area contributed by atoms with E-state index in [1.54, 1.807) is 13.2 Å². The fourth-order valence-electron chi connectivity index (χ4n) is 3.72. The topological polar surface area (TPSA) is 114 Å². The van der Waals surface area contributed by atoms with Gasteiger partial charge in [-0.05, 0) is 17.7 Å². The zero-order chi connectivity index (χ0) is 20.7. The molecule has 0 fully saturated rings. The van der Waals surface area contributed by atoms with Gasteiger partial charge in [0.2, 0.25) is 5.91 Å². The maximum absolute atomic E-state index is 12.5. The third-order valence-corrected chi connectivity index (χ3v) is 6.07. The minimum absolute atomic E-state index is 0.0626. The van der Waals surface area contributed by atoms with Gasteiger partial charge < -0.3 is 24.5 Å². The van der Waals surface area contributed by atoms with E-state index in [4.69, 9.17) is 24.5 Å². The number of primary amides is 1. The molecule has 4 rings (SSSR count). The zero-order valence-electron chi connectivity index (χ0n) is 16.0. The van der Waals surface area contributed by atoms with Crippen molar-refractivity contribution < 1.29 is 23.5 Å². The fraction of sp³-hybridized carbons (Fsp3) is 0.250. The molecule has 2 aromatic carbocycles. The Kier molecular flexibility index (Phi) is 4.83. The van der Waals surface area contributed by atoms with E-state index in [-0.39, 0.29) is 5.75 Å². The second-order valence-electron chi connectivity index (χ2n) is 6.34. The van der Waals surface area contributed by atoms with E-state index in [2.05, 4.69) is 5.16 Å². The van der Waals surface area contributed by atoms with Crippen molar-refractivity contribution in [1.82, 2.24) is 5.16 Å². The number of hydrogen-bond acceptors (Lipinski definition) is 8. The van der Waals surface area contributed by atoms with Gasteiger partial charge in [0.1, 0.15) is 11.4 Å². The highest BCUT2D eigenvalue weighted by atomic mass is 32.2. The molecule has 3 aromatic rings. The molecule has 0 unspecified atom stereocenters. The van der Waals surface area contributed by atoms with Gasteiger partial charge in [-0.15, -0.1) is 11.8 Å². The molecule has 0 radical (unpaired) electrons. The Morgan fingerprint density at radius 3 is 2.62 bits per heavy atom. The van der Waals surface area contributed by atoms with E-state index in [1.165, 1.54) is 26.0 Å². The molecule has 0 saturated heterocycles. The smallest absolute Gasteiger partial charge is 0.366 e. The lowest BCUT2D eigenvalue weighted by Crippen LogP contribution is -2.18. The first-order valence-corrected chi connectivity index (χ1v) is 9.72. The van der Waals surface area contributed by atoms with Crippen molar-refractivity contribution in [2.75, 3.05) is 27.1 Å². The van der Waals surface area contributed by atoms with Crippen LogP contribution in [0.15, 0.2) is 33.6 Å². The molecule has 0 saturated carbocycles.